The zero-order valence-corrected chi connectivity index (χ0v) is 11.0. The second-order valence-corrected chi connectivity index (χ2v) is 6.99. The van der Waals surface area contributed by atoms with Crippen LogP contribution in [0.4, 0.5) is 0 Å². The maximum Gasteiger partial charge on any atom is 0.175 e. The molecule has 0 bridgehead atoms. The summed E-state index contributed by atoms with van der Waals surface area (Å²) in [6.07, 6.45) is 5.65. The highest BCUT2D eigenvalue weighted by molar-refractivity contribution is 7.90. The van der Waals surface area contributed by atoms with Gasteiger partial charge >= 0.3 is 0 Å². The molecule has 1 fully saturated rings. The Morgan fingerprint density at radius 1 is 1.35 bits per heavy atom. The Hall–Kier alpha value is -0.870. The summed E-state index contributed by atoms with van der Waals surface area (Å²) in [5.41, 5.74) is 6.94. The van der Waals surface area contributed by atoms with Crippen LogP contribution in [0.1, 0.15) is 31.2 Å². The van der Waals surface area contributed by atoms with E-state index in [4.69, 9.17) is 5.73 Å². The summed E-state index contributed by atoms with van der Waals surface area (Å²) in [5, 5.41) is 0. The van der Waals surface area contributed by atoms with Gasteiger partial charge in [0, 0.05) is 6.26 Å². The quantitative estimate of drug-likeness (QED) is 0.891. The van der Waals surface area contributed by atoms with Crippen molar-refractivity contribution >= 4 is 9.84 Å². The molecule has 1 aliphatic rings. The number of rotatable bonds is 4. The van der Waals surface area contributed by atoms with Crippen LogP contribution in [0.15, 0.2) is 29.2 Å². The molecule has 0 saturated heterocycles. The molecular weight excluding hydrogens is 234 g/mol. The monoisotopic (exact) mass is 253 g/mol. The highest BCUT2D eigenvalue weighted by Crippen LogP contribution is 2.46. The van der Waals surface area contributed by atoms with Crippen molar-refractivity contribution in [3.63, 3.8) is 0 Å². The van der Waals surface area contributed by atoms with Gasteiger partial charge in [-0.25, -0.2) is 8.42 Å². The Bertz CT molecular complexity index is 504. The molecule has 3 nitrogen and oxygen atoms in total. The van der Waals surface area contributed by atoms with Crippen LogP contribution in [0.3, 0.4) is 0 Å². The van der Waals surface area contributed by atoms with Gasteiger partial charge < -0.3 is 5.73 Å². The topological polar surface area (TPSA) is 60.2 Å². The standard InChI is InChI=1S/C13H19NO2S/c1-17(15,16)12-5-2-4-11(10-12)13(8-9-14)6-3-7-13/h2,4-5,10H,3,6-9,14H2,1H3. The van der Waals surface area contributed by atoms with E-state index >= 15 is 0 Å². The van der Waals surface area contributed by atoms with E-state index in [-0.39, 0.29) is 5.41 Å². The fourth-order valence-electron chi connectivity index (χ4n) is 2.62. The van der Waals surface area contributed by atoms with Gasteiger partial charge in [-0.1, -0.05) is 18.6 Å². The fraction of sp³-hybridized carbons (Fsp3) is 0.538. The molecule has 0 aromatic heterocycles. The Morgan fingerprint density at radius 2 is 2.06 bits per heavy atom. The van der Waals surface area contributed by atoms with Crippen LogP contribution in [-0.4, -0.2) is 21.2 Å². The van der Waals surface area contributed by atoms with E-state index in [1.54, 1.807) is 6.07 Å². The molecule has 0 radical (unpaired) electrons. The van der Waals surface area contributed by atoms with Gasteiger partial charge in [-0.3, -0.25) is 0 Å². The lowest BCUT2D eigenvalue weighted by atomic mass is 9.62. The van der Waals surface area contributed by atoms with Crippen molar-refractivity contribution in [3.05, 3.63) is 29.8 Å². The molecule has 0 aliphatic heterocycles. The number of hydrogen-bond acceptors (Lipinski definition) is 3. The van der Waals surface area contributed by atoms with Gasteiger partial charge in [0.25, 0.3) is 0 Å². The lowest BCUT2D eigenvalue weighted by Gasteiger charge is -2.42. The summed E-state index contributed by atoms with van der Waals surface area (Å²) in [7, 11) is -3.12. The molecule has 0 heterocycles. The Morgan fingerprint density at radius 3 is 2.53 bits per heavy atom. The van der Waals surface area contributed by atoms with E-state index in [1.807, 2.05) is 18.2 Å². The zero-order valence-electron chi connectivity index (χ0n) is 10.1. The minimum Gasteiger partial charge on any atom is -0.330 e. The van der Waals surface area contributed by atoms with E-state index in [0.29, 0.717) is 11.4 Å². The van der Waals surface area contributed by atoms with Gasteiger partial charge in [0.05, 0.1) is 4.90 Å². The molecule has 0 unspecified atom stereocenters. The van der Waals surface area contributed by atoms with Crippen molar-refractivity contribution in [3.8, 4) is 0 Å². The molecule has 0 amide bonds. The summed E-state index contributed by atoms with van der Waals surface area (Å²) in [4.78, 5) is 0.415. The number of benzene rings is 1. The van der Waals surface area contributed by atoms with E-state index in [0.717, 1.165) is 24.8 Å². The first-order valence-corrected chi connectivity index (χ1v) is 7.88. The van der Waals surface area contributed by atoms with Crippen LogP contribution >= 0.6 is 0 Å². The first-order chi connectivity index (χ1) is 7.98. The summed E-state index contributed by atoms with van der Waals surface area (Å²) in [6.45, 7) is 0.656. The highest BCUT2D eigenvalue weighted by Gasteiger charge is 2.37. The van der Waals surface area contributed by atoms with E-state index in [1.165, 1.54) is 12.7 Å². The van der Waals surface area contributed by atoms with Crippen LogP contribution in [0, 0.1) is 0 Å². The van der Waals surface area contributed by atoms with Gasteiger partial charge in [0.15, 0.2) is 9.84 Å². The van der Waals surface area contributed by atoms with Crippen molar-refractivity contribution in [2.75, 3.05) is 12.8 Å². The predicted molar refractivity (Wildman–Crippen MR) is 68.8 cm³/mol. The molecule has 1 aliphatic carbocycles. The molecule has 0 atom stereocenters. The van der Waals surface area contributed by atoms with Crippen molar-refractivity contribution in [1.82, 2.24) is 0 Å². The Balaban J connectivity index is 2.39. The third-order valence-electron chi connectivity index (χ3n) is 3.81. The van der Waals surface area contributed by atoms with Crippen LogP contribution in [-0.2, 0) is 15.3 Å². The molecular formula is C13H19NO2S. The van der Waals surface area contributed by atoms with Crippen molar-refractivity contribution < 1.29 is 8.42 Å². The SMILES string of the molecule is CS(=O)(=O)c1cccc(C2(CCN)CCC2)c1. The summed E-state index contributed by atoms with van der Waals surface area (Å²) >= 11 is 0. The predicted octanol–water partition coefficient (Wildman–Crippen LogP) is 1.86. The molecule has 1 aromatic rings. The molecule has 0 spiro atoms. The van der Waals surface area contributed by atoms with E-state index in [2.05, 4.69) is 0 Å². The minimum atomic E-state index is -3.12. The molecule has 2 rings (SSSR count). The van der Waals surface area contributed by atoms with Crippen LogP contribution in [0.25, 0.3) is 0 Å². The summed E-state index contributed by atoms with van der Waals surface area (Å²) in [6, 6.07) is 7.35. The summed E-state index contributed by atoms with van der Waals surface area (Å²) < 4.78 is 23.1. The molecule has 2 N–H and O–H groups in total. The summed E-state index contributed by atoms with van der Waals surface area (Å²) in [5.74, 6) is 0. The first kappa shape index (κ1) is 12.6. The van der Waals surface area contributed by atoms with Gasteiger partial charge in [-0.2, -0.15) is 0 Å². The van der Waals surface area contributed by atoms with Crippen molar-refractivity contribution in [2.24, 2.45) is 5.73 Å². The third kappa shape index (κ3) is 2.38. The second-order valence-electron chi connectivity index (χ2n) is 4.97. The number of hydrogen-bond donors (Lipinski definition) is 1. The van der Waals surface area contributed by atoms with Gasteiger partial charge in [0.1, 0.15) is 0 Å². The average Bonchev–Trinajstić information content (AvgIpc) is 2.22. The lowest BCUT2D eigenvalue weighted by molar-refractivity contribution is 0.229. The lowest BCUT2D eigenvalue weighted by Crippen LogP contribution is -2.36. The van der Waals surface area contributed by atoms with Crippen LogP contribution in [0.5, 0.6) is 0 Å². The maximum absolute atomic E-state index is 11.6. The first-order valence-electron chi connectivity index (χ1n) is 5.99. The molecule has 17 heavy (non-hydrogen) atoms. The van der Waals surface area contributed by atoms with E-state index < -0.39 is 9.84 Å². The zero-order chi connectivity index (χ0) is 12.5. The van der Waals surface area contributed by atoms with Crippen LogP contribution < -0.4 is 5.73 Å². The maximum atomic E-state index is 11.6. The van der Waals surface area contributed by atoms with Crippen molar-refractivity contribution in [1.29, 1.82) is 0 Å². The van der Waals surface area contributed by atoms with Gasteiger partial charge in [0.2, 0.25) is 0 Å². The number of sulfone groups is 1. The average molecular weight is 253 g/mol. The Kier molecular flexibility index (Phi) is 3.27. The van der Waals surface area contributed by atoms with Crippen molar-refractivity contribution in [2.45, 2.75) is 36.0 Å². The number of nitrogens with two attached hydrogens (primary N) is 1. The molecule has 1 aromatic carbocycles. The molecule has 94 valence electrons. The minimum absolute atomic E-state index is 0.134. The normalized spacial score (nSPS) is 18.7. The van der Waals surface area contributed by atoms with Gasteiger partial charge in [-0.05, 0) is 48.9 Å². The van der Waals surface area contributed by atoms with Gasteiger partial charge in [-0.15, -0.1) is 0 Å². The largest absolute Gasteiger partial charge is 0.330 e. The fourth-order valence-corrected chi connectivity index (χ4v) is 3.29. The molecule has 4 heteroatoms. The van der Waals surface area contributed by atoms with E-state index in [9.17, 15) is 8.42 Å². The smallest absolute Gasteiger partial charge is 0.175 e. The Labute approximate surface area is 103 Å². The third-order valence-corrected chi connectivity index (χ3v) is 4.92. The second kappa shape index (κ2) is 4.42. The molecule has 1 saturated carbocycles. The van der Waals surface area contributed by atoms with Crippen LogP contribution in [0.2, 0.25) is 0 Å². The highest BCUT2D eigenvalue weighted by atomic mass is 32.2.